The normalized spacial score (nSPS) is 15.6. The van der Waals surface area contributed by atoms with Crippen molar-refractivity contribution in [3.63, 3.8) is 0 Å². The summed E-state index contributed by atoms with van der Waals surface area (Å²) in [6.45, 7) is 4.42. The topological polar surface area (TPSA) is 59.0 Å². The van der Waals surface area contributed by atoms with Crippen LogP contribution in [-0.2, 0) is 0 Å². The van der Waals surface area contributed by atoms with Crippen LogP contribution in [0.3, 0.4) is 0 Å². The predicted octanol–water partition coefficient (Wildman–Crippen LogP) is 2.47. The Morgan fingerprint density at radius 1 is 1.35 bits per heavy atom. The van der Waals surface area contributed by atoms with E-state index in [0.29, 0.717) is 6.61 Å². The van der Waals surface area contributed by atoms with Crippen LogP contribution in [0.4, 0.5) is 0 Å². The first-order valence-electron chi connectivity index (χ1n) is 5.47. The summed E-state index contributed by atoms with van der Waals surface area (Å²) >= 11 is 0. The number of rotatable bonds is 3. The van der Waals surface area contributed by atoms with Crippen molar-refractivity contribution in [2.75, 3.05) is 6.61 Å². The summed E-state index contributed by atoms with van der Waals surface area (Å²) in [5.41, 5.74) is 8.50. The second-order valence-electron chi connectivity index (χ2n) is 4.69. The van der Waals surface area contributed by atoms with E-state index in [4.69, 9.17) is 15.7 Å². The largest absolute Gasteiger partial charge is 0.492 e. The zero-order valence-electron chi connectivity index (χ0n) is 10.1. The molecule has 0 aromatic heterocycles. The first-order chi connectivity index (χ1) is 7.54. The maximum absolute atomic E-state index is 8.95. The molecule has 2 rings (SSSR count). The fraction of sp³-hybridized carbons (Fsp3) is 0.462. The number of nitriles is 1. The van der Waals surface area contributed by atoms with Gasteiger partial charge in [0, 0.05) is 0 Å². The van der Waals surface area contributed by atoms with Crippen molar-refractivity contribution >= 4 is 12.4 Å². The Morgan fingerprint density at radius 3 is 2.29 bits per heavy atom. The molecule has 92 valence electrons. The lowest BCUT2D eigenvalue weighted by atomic mass is 10.0. The van der Waals surface area contributed by atoms with Crippen molar-refractivity contribution in [3.05, 3.63) is 28.8 Å². The van der Waals surface area contributed by atoms with Gasteiger partial charge in [0.15, 0.2) is 0 Å². The van der Waals surface area contributed by atoms with Gasteiger partial charge in [-0.25, -0.2) is 0 Å². The first kappa shape index (κ1) is 13.8. The summed E-state index contributed by atoms with van der Waals surface area (Å²) in [4.78, 5) is 0. The molecule has 0 heterocycles. The average molecular weight is 253 g/mol. The molecule has 0 amide bonds. The first-order valence-corrected chi connectivity index (χ1v) is 5.47. The Morgan fingerprint density at radius 2 is 1.88 bits per heavy atom. The van der Waals surface area contributed by atoms with Crippen LogP contribution < -0.4 is 10.5 Å². The van der Waals surface area contributed by atoms with Crippen molar-refractivity contribution in [2.24, 2.45) is 5.73 Å². The van der Waals surface area contributed by atoms with Crippen LogP contribution in [0, 0.1) is 25.2 Å². The third-order valence-corrected chi connectivity index (χ3v) is 3.04. The van der Waals surface area contributed by atoms with Crippen LogP contribution >= 0.6 is 12.4 Å². The van der Waals surface area contributed by atoms with Gasteiger partial charge in [-0.05, 0) is 49.9 Å². The lowest BCUT2D eigenvalue weighted by molar-refractivity contribution is 0.279. The summed E-state index contributed by atoms with van der Waals surface area (Å²) < 4.78 is 5.66. The molecule has 1 aromatic rings. The second kappa shape index (κ2) is 4.95. The van der Waals surface area contributed by atoms with Gasteiger partial charge in [-0.1, -0.05) is 0 Å². The molecular weight excluding hydrogens is 236 g/mol. The summed E-state index contributed by atoms with van der Waals surface area (Å²) in [7, 11) is 0. The molecule has 2 N–H and O–H groups in total. The summed E-state index contributed by atoms with van der Waals surface area (Å²) in [6.07, 6.45) is 2.09. The lowest BCUT2D eigenvalue weighted by Crippen LogP contribution is -2.29. The highest BCUT2D eigenvalue weighted by molar-refractivity contribution is 5.85. The van der Waals surface area contributed by atoms with Crippen LogP contribution in [0.2, 0.25) is 0 Å². The van der Waals surface area contributed by atoms with E-state index in [1.807, 2.05) is 26.0 Å². The molecule has 1 aromatic carbocycles. The highest BCUT2D eigenvalue weighted by Gasteiger charge is 2.39. The zero-order chi connectivity index (χ0) is 11.8. The molecule has 4 heteroatoms. The predicted molar refractivity (Wildman–Crippen MR) is 69.5 cm³/mol. The van der Waals surface area contributed by atoms with Gasteiger partial charge in [0.2, 0.25) is 0 Å². The van der Waals surface area contributed by atoms with Gasteiger partial charge in [0.05, 0.1) is 17.2 Å². The zero-order valence-corrected chi connectivity index (χ0v) is 10.9. The van der Waals surface area contributed by atoms with E-state index >= 15 is 0 Å². The minimum Gasteiger partial charge on any atom is -0.492 e. The van der Waals surface area contributed by atoms with Gasteiger partial charge in [-0.2, -0.15) is 5.26 Å². The van der Waals surface area contributed by atoms with E-state index in [1.165, 1.54) is 0 Å². The maximum Gasteiger partial charge on any atom is 0.120 e. The lowest BCUT2D eigenvalue weighted by Gasteiger charge is -2.13. The molecule has 1 saturated carbocycles. The fourth-order valence-electron chi connectivity index (χ4n) is 1.72. The molecular formula is C13H17ClN2O. The molecule has 0 aliphatic heterocycles. The Bertz CT molecular complexity index is 438. The van der Waals surface area contributed by atoms with Crippen LogP contribution in [0.1, 0.15) is 29.5 Å². The average Bonchev–Trinajstić information content (AvgIpc) is 2.94. The molecule has 3 nitrogen and oxygen atoms in total. The number of hydrogen-bond donors (Lipinski definition) is 1. The number of aryl methyl sites for hydroxylation is 2. The Balaban J connectivity index is 0.00000144. The van der Waals surface area contributed by atoms with Gasteiger partial charge in [-0.3, -0.25) is 0 Å². The van der Waals surface area contributed by atoms with Crippen molar-refractivity contribution in [2.45, 2.75) is 32.2 Å². The van der Waals surface area contributed by atoms with Gasteiger partial charge in [0.1, 0.15) is 12.4 Å². The smallest absolute Gasteiger partial charge is 0.120 e. The molecule has 1 aliphatic rings. The van der Waals surface area contributed by atoms with Crippen LogP contribution in [0.15, 0.2) is 12.1 Å². The highest BCUT2D eigenvalue weighted by atomic mass is 35.5. The van der Waals surface area contributed by atoms with E-state index in [1.54, 1.807) is 0 Å². The van der Waals surface area contributed by atoms with Gasteiger partial charge in [-0.15, -0.1) is 12.4 Å². The molecule has 0 unspecified atom stereocenters. The van der Waals surface area contributed by atoms with Gasteiger partial charge in [0.25, 0.3) is 0 Å². The maximum atomic E-state index is 8.95. The van der Waals surface area contributed by atoms with Gasteiger partial charge >= 0.3 is 0 Å². The number of nitrogens with two attached hydrogens (primary N) is 1. The molecule has 17 heavy (non-hydrogen) atoms. The SMILES string of the molecule is Cc1cc(OCC2(N)CC2)cc(C)c1C#N.Cl. The summed E-state index contributed by atoms with van der Waals surface area (Å²) in [5.74, 6) is 0.811. The van der Waals surface area contributed by atoms with Crippen LogP contribution in [0.25, 0.3) is 0 Å². The minimum absolute atomic E-state index is 0. The van der Waals surface area contributed by atoms with Crippen LogP contribution in [-0.4, -0.2) is 12.1 Å². The standard InChI is InChI=1S/C13H16N2O.ClH/c1-9-5-11(6-10(2)12(9)7-14)16-8-13(15)3-4-13;/h5-6H,3-4,8,15H2,1-2H3;1H. The molecule has 0 atom stereocenters. The van der Waals surface area contributed by atoms with Crippen molar-refractivity contribution < 1.29 is 4.74 Å². The molecule has 1 aliphatic carbocycles. The van der Waals surface area contributed by atoms with E-state index in [2.05, 4.69) is 6.07 Å². The monoisotopic (exact) mass is 252 g/mol. The van der Waals surface area contributed by atoms with Crippen molar-refractivity contribution in [1.29, 1.82) is 5.26 Å². The van der Waals surface area contributed by atoms with Crippen molar-refractivity contribution in [3.8, 4) is 11.8 Å². The van der Waals surface area contributed by atoms with Gasteiger partial charge < -0.3 is 10.5 Å². The summed E-state index contributed by atoms with van der Waals surface area (Å²) in [5, 5.41) is 8.95. The van der Waals surface area contributed by atoms with E-state index in [-0.39, 0.29) is 17.9 Å². The summed E-state index contributed by atoms with van der Waals surface area (Å²) in [6, 6.07) is 6.00. The van der Waals surface area contributed by atoms with Crippen LogP contribution in [0.5, 0.6) is 5.75 Å². The Hall–Kier alpha value is -1.24. The Labute approximate surface area is 108 Å². The van der Waals surface area contributed by atoms with E-state index < -0.39 is 0 Å². The molecule has 1 fully saturated rings. The van der Waals surface area contributed by atoms with Crippen molar-refractivity contribution in [1.82, 2.24) is 0 Å². The highest BCUT2D eigenvalue weighted by Crippen LogP contribution is 2.33. The number of halogens is 1. The molecule has 0 radical (unpaired) electrons. The minimum atomic E-state index is -0.101. The third kappa shape index (κ3) is 3.12. The number of hydrogen-bond acceptors (Lipinski definition) is 3. The Kier molecular flexibility index (Phi) is 4.03. The number of ether oxygens (including phenoxy) is 1. The molecule has 0 spiro atoms. The van der Waals surface area contributed by atoms with E-state index in [9.17, 15) is 0 Å². The second-order valence-corrected chi connectivity index (χ2v) is 4.69. The number of nitrogens with zero attached hydrogens (tertiary/aromatic N) is 1. The quantitative estimate of drug-likeness (QED) is 0.899. The number of benzene rings is 1. The fourth-order valence-corrected chi connectivity index (χ4v) is 1.72. The molecule has 0 saturated heterocycles. The van der Waals surface area contributed by atoms with E-state index in [0.717, 1.165) is 35.3 Å². The molecule has 0 bridgehead atoms. The third-order valence-electron chi connectivity index (χ3n) is 3.04.